The summed E-state index contributed by atoms with van der Waals surface area (Å²) < 4.78 is 687. The average Bonchev–Trinajstić information content (AvgIpc) is 1.66. The van der Waals surface area contributed by atoms with Crippen LogP contribution in [0.1, 0.15) is 0 Å². The molecule has 0 aromatic heterocycles. The second-order valence-corrected chi connectivity index (χ2v) is 37.9. The van der Waals surface area contributed by atoms with E-state index in [-0.39, 0.29) is 822 Å². The van der Waals surface area contributed by atoms with Gasteiger partial charge in [-0.3, -0.25) is 66.9 Å². The molecule has 5 aliphatic heterocycles. The SMILES string of the molecule is O=S(=O)([O-])OC[C@H]1O[C@@H](OC[C@H]2O[C@@H](OC[C@H]3O[C@H](CO[C@@H]4O[C@H](CO[C@@H]5O[C@H](COS(=O)(=O)[O-])[C@@H](OS(=O)(=O)[O-])[C@H](OS(=O)(=O)[O-])[C@H]5OS(=O)(=O)[O-])[C@@H](OS(=O)(=O)[O-])[C@H](OS(=O)(=O)[O-])[C@H]4OS(=O)(=O)[O-])[C@@H](OS(=O)(=O)[O-])[C@@H]3OS(=O)(=O)[O-])[C@H](OS(=O)(=O)[O-])[C@@H](OS(=O)(=O)[O-])[C@@H]2OS(=O)(=O)[O-])[C@H](OS(=O)(=O)[O-])[C@@H](OS(=O)(=O)[O-])[C@@H]1OS(=O)(=O)[O-].[K+].[K+].[K+].[K+].[K+].[K+].[K+].[K+].[K+].[K+].[K+].[K+].[K+].[K+].[K+].[K+]. The fourth-order valence-corrected chi connectivity index (χ4v) is 17.7. The molecular weight excluding hydrogens is 2670 g/mol. The molecule has 73 nitrogen and oxygen atoms in total. The van der Waals surface area contributed by atoms with Crippen molar-refractivity contribution < 1.29 is 1140 Å². The van der Waals surface area contributed by atoms with Crippen LogP contribution in [0.2, 0.25) is 0 Å². The summed E-state index contributed by atoms with van der Waals surface area (Å²) in [5.41, 5.74) is 0. The van der Waals surface area contributed by atoms with Gasteiger partial charge >= 0.3 is 822 Å². The summed E-state index contributed by atoms with van der Waals surface area (Å²) >= 11 is 0. The molecule has 0 N–H and O–H groups in total. The van der Waals surface area contributed by atoms with E-state index in [1.807, 2.05) is 0 Å². The van der Waals surface area contributed by atoms with Gasteiger partial charge in [-0.15, -0.1) is 0 Å². The number of ether oxygens (including phenoxy) is 9. The predicted molar refractivity (Wildman–Crippen MR) is 302 cm³/mol. The van der Waals surface area contributed by atoms with Crippen LogP contribution in [0.4, 0.5) is 0 Å². The molecule has 5 heterocycles. The van der Waals surface area contributed by atoms with Gasteiger partial charge in [0.25, 0.3) is 0 Å². The molecular formula is C30H36K16O73S16. The van der Waals surface area contributed by atoms with Gasteiger partial charge in [0.15, 0.2) is 49.6 Å². The first-order chi connectivity index (χ1) is 52.9. The van der Waals surface area contributed by atoms with Crippen molar-refractivity contribution in [1.82, 2.24) is 0 Å². The van der Waals surface area contributed by atoms with E-state index in [0.717, 1.165) is 0 Å². The summed E-state index contributed by atoms with van der Waals surface area (Å²) in [5, 5.41) is 0. The Hall–Kier alpha value is 23.7. The van der Waals surface area contributed by atoms with Crippen LogP contribution >= 0.6 is 0 Å². The molecule has 5 aliphatic rings. The van der Waals surface area contributed by atoms with E-state index in [4.69, 9.17) is 42.6 Å². The van der Waals surface area contributed by atoms with Crippen molar-refractivity contribution in [3.05, 3.63) is 0 Å². The maximum atomic E-state index is 12.4. The van der Waals surface area contributed by atoms with Gasteiger partial charge in [-0.2, -0.15) is 0 Å². The topological polar surface area (TPSA) is 1150 Å². The Morgan fingerprint density at radius 3 is 0.370 bits per heavy atom. The van der Waals surface area contributed by atoms with Crippen LogP contribution in [-0.4, -0.2) is 394 Å². The van der Waals surface area contributed by atoms with E-state index >= 15 is 0 Å². The third-order valence-electron chi connectivity index (χ3n) is 13.4. The zero-order chi connectivity index (χ0) is 91.8. The summed E-state index contributed by atoms with van der Waals surface area (Å²) in [7, 11) is -108. The zero-order valence-electron chi connectivity index (χ0n) is 70.4. The van der Waals surface area contributed by atoms with Gasteiger partial charge in [-0.25, -0.2) is 135 Å². The molecule has 5 fully saturated rings. The summed E-state index contributed by atoms with van der Waals surface area (Å²) in [6.45, 7) is -14.0. The smallest absolute Gasteiger partial charge is 0.726 e. The minimum atomic E-state index is -6.93. The Morgan fingerprint density at radius 1 is 0.141 bits per heavy atom. The van der Waals surface area contributed by atoms with Crippen LogP contribution in [-0.2, 0) is 276 Å². The third-order valence-corrected chi connectivity index (χ3v) is 20.7. The van der Waals surface area contributed by atoms with Gasteiger partial charge in [0.1, 0.15) is 97.7 Å². The molecule has 135 heavy (non-hydrogen) atoms. The van der Waals surface area contributed by atoms with Crippen molar-refractivity contribution in [2.75, 3.05) is 39.6 Å². The van der Waals surface area contributed by atoms with Gasteiger partial charge in [-0.1, -0.05) is 0 Å². The predicted octanol–water partition coefficient (Wildman–Crippen LogP) is -67.4. The molecule has 5 saturated heterocycles. The molecule has 5 rings (SSSR count). The molecule has 0 radical (unpaired) electrons. The fraction of sp³-hybridized carbons (Fsp3) is 1.00. The summed E-state index contributed by atoms with van der Waals surface area (Å²) in [4.78, 5) is 0. The van der Waals surface area contributed by atoms with Crippen molar-refractivity contribution in [2.24, 2.45) is 0 Å². The molecule has 0 saturated carbocycles. The summed E-state index contributed by atoms with van der Waals surface area (Å²) in [5.74, 6) is 0. The normalized spacial score (nSPS) is 28.9. The van der Waals surface area contributed by atoms with Gasteiger partial charge in [-0.05, 0) is 0 Å². The van der Waals surface area contributed by atoms with Crippen LogP contribution in [0.3, 0.4) is 0 Å². The number of hydrogen-bond donors (Lipinski definition) is 0. The van der Waals surface area contributed by atoms with E-state index in [0.29, 0.717) is 0 Å². The van der Waals surface area contributed by atoms with Gasteiger partial charge in [0, 0.05) is 0 Å². The zero-order valence-corrected chi connectivity index (χ0v) is 133. The van der Waals surface area contributed by atoms with E-state index in [2.05, 4.69) is 66.9 Å². The standard InChI is InChI=1S/C30H52O73S16.16K/c31-104(32,33)83-5-11-17(94-110(49,50)51)21(98-114(61,62)63)25(102-118(73,74)75)29(88-11)81-3-9-15(92-108(43,44)45)19(96-112(55,56)57)23(100-116(67,68)69)27(86-9)79-1-7-13(90-106(37,38)39)14(91-107(40,41)42)8(85-7)2-80-28-24(101-117(70,71)72)20(97-113(58,59)60)16(93-109(46,47)48)10(87-28)4-82-30-26(103-119(76,77)78)22(99-115(64,65)66)18(95-111(52,53)54)12(89-30)6-84-105(34,35)36;;;;;;;;;;;;;;;;/h7-30H,1-6H2,(H,31,32,33)(H,34,35,36)(H,37,38,39)(H,40,41,42)(H,43,44,45)(H,46,47,48)(H,49,50,51)(H,52,53,54)(H,55,56,57)(H,58,59,60)(H,61,62,63)(H,64,65,66)(H,67,68,69)(H,70,71,72)(H,73,74,75)(H,76,77,78);;;;;;;;;;;;;;;;/q;16*+1/p-16/t7-,8-,9-,10-,11-,12-,13-,14-,15-,16-,17-,18-,19+,20+,21+,22+,23-,24-,25-,26-,27-,28-,29-,30-;;;;;;;;;;;;;;;;/m1................/s1. The fourth-order valence-electron chi connectivity index (χ4n) is 10.2. The van der Waals surface area contributed by atoms with E-state index in [1.54, 1.807) is 0 Å². The Morgan fingerprint density at radius 2 is 0.244 bits per heavy atom. The Balaban J connectivity index is -0.000000946. The molecule has 0 aliphatic carbocycles. The molecule has 0 amide bonds. The molecule has 0 aromatic carbocycles. The second kappa shape index (κ2) is 78.1. The average molecular weight is 2700 g/mol. The van der Waals surface area contributed by atoms with Crippen LogP contribution in [0.15, 0.2) is 0 Å². The first-order valence-electron chi connectivity index (χ1n) is 27.8. The molecule has 706 valence electrons. The van der Waals surface area contributed by atoms with Crippen molar-refractivity contribution in [2.45, 2.75) is 147 Å². The van der Waals surface area contributed by atoms with E-state index in [1.165, 1.54) is 0 Å². The first-order valence-corrected chi connectivity index (χ1v) is 49.1. The van der Waals surface area contributed by atoms with Crippen molar-refractivity contribution in [3.63, 3.8) is 0 Å². The van der Waals surface area contributed by atoms with Gasteiger partial charge < -0.3 is 115 Å². The molecule has 24 atom stereocenters. The van der Waals surface area contributed by atoms with Crippen molar-refractivity contribution in [3.8, 4) is 0 Å². The van der Waals surface area contributed by atoms with E-state index < -0.39 is 353 Å². The Labute approximate surface area is 1450 Å². The second-order valence-electron chi connectivity index (χ2n) is 21.7. The molecule has 105 heteroatoms. The largest absolute Gasteiger partial charge is 1.00 e. The van der Waals surface area contributed by atoms with Gasteiger partial charge in [0.05, 0.1) is 39.6 Å². The Bertz CT molecular complexity index is 5250. The van der Waals surface area contributed by atoms with Crippen molar-refractivity contribution >= 4 is 166 Å². The van der Waals surface area contributed by atoms with E-state index in [9.17, 15) is 208 Å². The van der Waals surface area contributed by atoms with Gasteiger partial charge in [0.2, 0.25) is 166 Å². The number of hydrogen-bond acceptors (Lipinski definition) is 73. The maximum Gasteiger partial charge on any atom is 1.00 e. The molecule has 0 bridgehead atoms. The quantitative estimate of drug-likeness (QED) is 0.0310. The molecule has 0 aromatic rings. The van der Waals surface area contributed by atoms with Crippen molar-refractivity contribution in [1.29, 1.82) is 0 Å². The minimum absolute atomic E-state index is 0. The monoisotopic (exact) mass is 2700 g/mol. The summed E-state index contributed by atoms with van der Waals surface area (Å²) in [6, 6.07) is 0. The summed E-state index contributed by atoms with van der Waals surface area (Å²) in [6.07, 6.45) is -86.6. The van der Waals surface area contributed by atoms with Crippen LogP contribution in [0.25, 0.3) is 0 Å². The maximum absolute atomic E-state index is 12.4. The first kappa shape index (κ1) is 183. The van der Waals surface area contributed by atoms with Crippen LogP contribution < -0.4 is 822 Å². The van der Waals surface area contributed by atoms with Crippen LogP contribution in [0.5, 0.6) is 0 Å². The minimum Gasteiger partial charge on any atom is -0.726 e. The number of rotatable bonds is 46. The molecule has 0 unspecified atom stereocenters. The third kappa shape index (κ3) is 77.8. The molecule has 0 spiro atoms. The Kier molecular flexibility index (Phi) is 106. The van der Waals surface area contributed by atoms with Crippen LogP contribution in [0, 0.1) is 0 Å².